The van der Waals surface area contributed by atoms with Gasteiger partial charge in [0.25, 0.3) is 12.4 Å². The average Bonchev–Trinajstić information content (AvgIpc) is 3.36. The highest BCUT2D eigenvalue weighted by Gasteiger charge is 2.37. The van der Waals surface area contributed by atoms with Crippen molar-refractivity contribution in [1.82, 2.24) is 20.0 Å². The second-order valence-electron chi connectivity index (χ2n) is 6.73. The van der Waals surface area contributed by atoms with Gasteiger partial charge in [0, 0.05) is 37.6 Å². The highest BCUT2D eigenvalue weighted by Crippen LogP contribution is 2.23. The predicted molar refractivity (Wildman–Crippen MR) is 95.4 cm³/mol. The Morgan fingerprint density at radius 1 is 1.44 bits per heavy atom. The summed E-state index contributed by atoms with van der Waals surface area (Å²) in [6, 6.07) is 5.97. The normalized spacial score (nSPS) is 24.6. The van der Waals surface area contributed by atoms with Crippen LogP contribution in [0.5, 0.6) is 0 Å². The number of hydrogen-bond donors (Lipinski definition) is 2. The minimum Gasteiger partial charge on any atom is -0.483 e. The van der Waals surface area contributed by atoms with Gasteiger partial charge in [-0.15, -0.1) is 0 Å². The zero-order valence-corrected chi connectivity index (χ0v) is 15.2. The highest BCUT2D eigenvalue weighted by atomic mass is 16.5. The van der Waals surface area contributed by atoms with Gasteiger partial charge in [-0.05, 0) is 31.5 Å². The molecule has 2 fully saturated rings. The summed E-state index contributed by atoms with van der Waals surface area (Å²) in [7, 11) is 0. The molecule has 0 radical (unpaired) electrons. The van der Waals surface area contributed by atoms with E-state index in [-0.39, 0.29) is 24.5 Å². The van der Waals surface area contributed by atoms with Gasteiger partial charge in [-0.2, -0.15) is 5.10 Å². The SMILES string of the molecule is C[C@H]1CN2C[C@@H](NC(=O)c3ccc(Cn4cccn4)o3)C[C@H]2CO1.O=CO. The molecule has 0 bridgehead atoms. The molecular weight excluding hydrogens is 352 g/mol. The van der Waals surface area contributed by atoms with E-state index in [0.717, 1.165) is 31.9 Å². The van der Waals surface area contributed by atoms with Crippen LogP contribution in [0.1, 0.15) is 29.7 Å². The van der Waals surface area contributed by atoms with Gasteiger partial charge in [-0.25, -0.2) is 0 Å². The third kappa shape index (κ3) is 4.95. The lowest BCUT2D eigenvalue weighted by molar-refractivity contribution is -0.122. The van der Waals surface area contributed by atoms with Crippen LogP contribution in [0.4, 0.5) is 0 Å². The molecule has 0 aliphatic carbocycles. The Morgan fingerprint density at radius 2 is 2.26 bits per heavy atom. The number of nitrogens with one attached hydrogen (secondary N) is 1. The van der Waals surface area contributed by atoms with Crippen molar-refractivity contribution in [3.05, 3.63) is 42.1 Å². The molecular formula is C18H24N4O5. The number of nitrogens with zero attached hydrogens (tertiary/aromatic N) is 3. The van der Waals surface area contributed by atoms with Crippen LogP contribution < -0.4 is 5.32 Å². The number of furan rings is 1. The number of morpholine rings is 1. The standard InChI is InChI=1S/C17H22N4O3.CH2O2/c1-12-8-20-9-13(7-14(20)11-23-12)19-17(22)16-4-3-15(24-16)10-21-6-2-5-18-21;2-1-3/h2-6,12-14H,7-11H2,1H3,(H,19,22);1H,(H,2,3)/t12-,13-,14-;/m0./s1. The van der Waals surface area contributed by atoms with Crippen molar-refractivity contribution in [1.29, 1.82) is 0 Å². The number of carboxylic acid groups (broad SMARTS) is 1. The molecule has 0 spiro atoms. The third-order valence-corrected chi connectivity index (χ3v) is 4.69. The van der Waals surface area contributed by atoms with Crippen molar-refractivity contribution < 1.29 is 23.8 Å². The van der Waals surface area contributed by atoms with Crippen molar-refractivity contribution in [3.63, 3.8) is 0 Å². The number of ether oxygens (including phenoxy) is 1. The summed E-state index contributed by atoms with van der Waals surface area (Å²) in [5, 5.41) is 14.1. The smallest absolute Gasteiger partial charge is 0.290 e. The van der Waals surface area contributed by atoms with E-state index in [0.29, 0.717) is 18.3 Å². The first-order chi connectivity index (χ1) is 13.1. The van der Waals surface area contributed by atoms with E-state index in [1.807, 2.05) is 18.3 Å². The minimum atomic E-state index is -0.250. The van der Waals surface area contributed by atoms with Crippen LogP contribution in [0, 0.1) is 0 Å². The Hall–Kier alpha value is -2.65. The molecule has 4 heterocycles. The molecule has 2 aromatic heterocycles. The van der Waals surface area contributed by atoms with Gasteiger partial charge in [0.15, 0.2) is 5.76 Å². The lowest BCUT2D eigenvalue weighted by atomic mass is 10.1. The Balaban J connectivity index is 0.000000659. The zero-order valence-electron chi connectivity index (χ0n) is 15.2. The lowest BCUT2D eigenvalue weighted by Crippen LogP contribution is -2.45. The molecule has 0 saturated carbocycles. The number of fused-ring (bicyclic) bond motifs is 1. The summed E-state index contributed by atoms with van der Waals surface area (Å²) in [5.74, 6) is 0.919. The molecule has 2 aliphatic rings. The summed E-state index contributed by atoms with van der Waals surface area (Å²) in [4.78, 5) is 23.2. The van der Waals surface area contributed by atoms with Crippen LogP contribution in [0.2, 0.25) is 0 Å². The predicted octanol–water partition coefficient (Wildman–Crippen LogP) is 0.817. The van der Waals surface area contributed by atoms with Crippen LogP contribution in [0.25, 0.3) is 0 Å². The summed E-state index contributed by atoms with van der Waals surface area (Å²) in [6.45, 7) is 4.93. The molecule has 9 nitrogen and oxygen atoms in total. The molecule has 4 rings (SSSR count). The van der Waals surface area contributed by atoms with Gasteiger partial charge >= 0.3 is 0 Å². The Bertz CT molecular complexity index is 745. The molecule has 27 heavy (non-hydrogen) atoms. The summed E-state index contributed by atoms with van der Waals surface area (Å²) >= 11 is 0. The maximum absolute atomic E-state index is 12.4. The van der Waals surface area contributed by atoms with Crippen LogP contribution in [-0.4, -0.2) is 70.1 Å². The third-order valence-electron chi connectivity index (χ3n) is 4.69. The van der Waals surface area contributed by atoms with E-state index < -0.39 is 0 Å². The topological polar surface area (TPSA) is 110 Å². The maximum atomic E-state index is 12.4. The van der Waals surface area contributed by atoms with E-state index in [2.05, 4.69) is 22.2 Å². The quantitative estimate of drug-likeness (QED) is 0.760. The largest absolute Gasteiger partial charge is 0.483 e. The molecule has 2 N–H and O–H groups in total. The summed E-state index contributed by atoms with van der Waals surface area (Å²) in [6.07, 6.45) is 4.78. The van der Waals surface area contributed by atoms with Gasteiger partial charge < -0.3 is 19.6 Å². The number of rotatable bonds is 4. The molecule has 0 aromatic carbocycles. The van der Waals surface area contributed by atoms with E-state index in [1.54, 1.807) is 16.9 Å². The fourth-order valence-corrected chi connectivity index (χ4v) is 3.54. The number of amides is 1. The fourth-order valence-electron chi connectivity index (χ4n) is 3.54. The minimum absolute atomic E-state index is 0.149. The summed E-state index contributed by atoms with van der Waals surface area (Å²) < 4.78 is 13.1. The number of aromatic nitrogens is 2. The van der Waals surface area contributed by atoms with E-state index >= 15 is 0 Å². The molecule has 2 aromatic rings. The van der Waals surface area contributed by atoms with Gasteiger partial charge in [-0.1, -0.05) is 0 Å². The van der Waals surface area contributed by atoms with Crippen molar-refractivity contribution >= 4 is 12.4 Å². The molecule has 2 saturated heterocycles. The molecule has 0 unspecified atom stereocenters. The Morgan fingerprint density at radius 3 is 3.00 bits per heavy atom. The molecule has 146 valence electrons. The second kappa shape index (κ2) is 8.83. The highest BCUT2D eigenvalue weighted by molar-refractivity contribution is 5.91. The number of carbonyl (C=O) groups is 2. The Labute approximate surface area is 156 Å². The van der Waals surface area contributed by atoms with Crippen molar-refractivity contribution in [2.75, 3.05) is 19.7 Å². The molecule has 2 aliphatic heterocycles. The Kier molecular flexibility index (Phi) is 6.25. The lowest BCUT2D eigenvalue weighted by Gasteiger charge is -2.33. The van der Waals surface area contributed by atoms with E-state index in [4.69, 9.17) is 19.1 Å². The van der Waals surface area contributed by atoms with Crippen molar-refractivity contribution in [2.45, 2.75) is 38.1 Å². The summed E-state index contributed by atoms with van der Waals surface area (Å²) in [5.41, 5.74) is 0. The number of carbonyl (C=O) groups excluding carboxylic acids is 1. The molecule has 9 heteroatoms. The monoisotopic (exact) mass is 376 g/mol. The second-order valence-corrected chi connectivity index (χ2v) is 6.73. The first kappa shape index (κ1) is 19.1. The van der Waals surface area contributed by atoms with Gasteiger partial charge in [0.05, 0.1) is 19.3 Å². The van der Waals surface area contributed by atoms with Crippen molar-refractivity contribution in [2.24, 2.45) is 0 Å². The fraction of sp³-hybridized carbons (Fsp3) is 0.500. The van der Waals surface area contributed by atoms with Gasteiger partial charge in [0.2, 0.25) is 0 Å². The van der Waals surface area contributed by atoms with Crippen LogP contribution in [0.3, 0.4) is 0 Å². The molecule has 3 atom stereocenters. The van der Waals surface area contributed by atoms with E-state index in [9.17, 15) is 4.79 Å². The van der Waals surface area contributed by atoms with Crippen molar-refractivity contribution in [3.8, 4) is 0 Å². The zero-order chi connectivity index (χ0) is 19.2. The van der Waals surface area contributed by atoms with Crippen LogP contribution in [-0.2, 0) is 16.1 Å². The average molecular weight is 376 g/mol. The van der Waals surface area contributed by atoms with Crippen LogP contribution in [0.15, 0.2) is 35.0 Å². The molecule has 1 amide bonds. The van der Waals surface area contributed by atoms with Gasteiger partial charge in [-0.3, -0.25) is 19.2 Å². The first-order valence-electron chi connectivity index (χ1n) is 8.89. The van der Waals surface area contributed by atoms with E-state index in [1.165, 1.54) is 0 Å². The maximum Gasteiger partial charge on any atom is 0.290 e. The van der Waals surface area contributed by atoms with Gasteiger partial charge in [0.1, 0.15) is 5.76 Å². The first-order valence-corrected chi connectivity index (χ1v) is 8.89. The van der Waals surface area contributed by atoms with Crippen LogP contribution >= 0.6 is 0 Å². The number of hydrogen-bond acceptors (Lipinski definition) is 6.